The van der Waals surface area contributed by atoms with E-state index in [-0.39, 0.29) is 0 Å². The average Bonchev–Trinajstić information content (AvgIpc) is 3.29. The number of piperidine rings is 1. The van der Waals surface area contributed by atoms with Crippen LogP contribution >= 0.6 is 0 Å². The van der Waals surface area contributed by atoms with Gasteiger partial charge < -0.3 is 14.8 Å². The van der Waals surface area contributed by atoms with Gasteiger partial charge in [0, 0.05) is 33.1 Å². The van der Waals surface area contributed by atoms with E-state index in [4.69, 9.17) is 0 Å². The Balaban J connectivity index is 1.33. The van der Waals surface area contributed by atoms with Crippen LogP contribution in [-0.4, -0.2) is 45.8 Å². The first kappa shape index (κ1) is 16.8. The molecule has 4 rings (SSSR count). The van der Waals surface area contributed by atoms with Crippen molar-refractivity contribution >= 4 is 12.0 Å². The predicted molar refractivity (Wildman–Crippen MR) is 104 cm³/mol. The first-order chi connectivity index (χ1) is 12.8. The third-order valence-electron chi connectivity index (χ3n) is 5.18. The Hall–Kier alpha value is -2.63. The minimum absolute atomic E-state index is 0.683. The zero-order chi connectivity index (χ0) is 17.8. The zero-order valence-electron chi connectivity index (χ0n) is 15.4. The predicted octanol–water partition coefficient (Wildman–Crippen LogP) is 2.48. The summed E-state index contributed by atoms with van der Waals surface area (Å²) in [6, 6.07) is 10.6. The molecule has 0 aliphatic carbocycles. The van der Waals surface area contributed by atoms with Crippen molar-refractivity contribution in [2.75, 3.05) is 20.1 Å². The smallest absolute Gasteiger partial charge is 0.194 e. The quantitative estimate of drug-likeness (QED) is 0.682. The van der Waals surface area contributed by atoms with Crippen LogP contribution in [0.3, 0.4) is 0 Å². The summed E-state index contributed by atoms with van der Waals surface area (Å²) < 4.78 is 2.23. The number of rotatable bonds is 3. The van der Waals surface area contributed by atoms with Gasteiger partial charge in [0.15, 0.2) is 11.8 Å². The fourth-order valence-electron chi connectivity index (χ4n) is 3.77. The molecule has 1 aromatic heterocycles. The van der Waals surface area contributed by atoms with Crippen molar-refractivity contribution < 1.29 is 0 Å². The Kier molecular flexibility index (Phi) is 5.00. The highest BCUT2D eigenvalue weighted by molar-refractivity contribution is 5.80. The fraction of sp³-hybridized carbons (Fsp3) is 0.450. The van der Waals surface area contributed by atoms with Crippen molar-refractivity contribution in [3.05, 3.63) is 53.1 Å². The summed E-state index contributed by atoms with van der Waals surface area (Å²) in [5, 5.41) is 12.1. The van der Waals surface area contributed by atoms with Crippen molar-refractivity contribution in [2.24, 2.45) is 4.99 Å². The number of nitrogens with one attached hydrogen (secondary N) is 1. The molecular formula is C20H26N6. The van der Waals surface area contributed by atoms with Crippen molar-refractivity contribution in [3.63, 3.8) is 0 Å². The van der Waals surface area contributed by atoms with Gasteiger partial charge in [-0.25, -0.2) is 0 Å². The fourth-order valence-corrected chi connectivity index (χ4v) is 3.77. The molecule has 2 aromatic rings. The lowest BCUT2D eigenvalue weighted by atomic mass is 10.0. The molecule has 2 aliphatic heterocycles. The molecule has 0 amide bonds. The monoisotopic (exact) mass is 350 g/mol. The molecule has 1 fully saturated rings. The number of likely N-dealkylation sites (tertiary alicyclic amines) is 1. The summed E-state index contributed by atoms with van der Waals surface area (Å²) in [6.45, 7) is 3.71. The number of fused-ring (bicyclic) bond motifs is 1. The second-order valence-corrected chi connectivity index (χ2v) is 6.89. The second kappa shape index (κ2) is 7.72. The first-order valence-corrected chi connectivity index (χ1v) is 9.44. The lowest BCUT2D eigenvalue weighted by Gasteiger charge is -2.31. The van der Waals surface area contributed by atoms with Crippen molar-refractivity contribution in [3.8, 4) is 0 Å². The molecule has 0 unspecified atom stereocenters. The Labute approximate surface area is 154 Å². The minimum Gasteiger partial charge on any atom is -0.349 e. The van der Waals surface area contributed by atoms with E-state index in [0.717, 1.165) is 56.5 Å². The van der Waals surface area contributed by atoms with Gasteiger partial charge >= 0.3 is 0 Å². The third-order valence-corrected chi connectivity index (χ3v) is 5.18. The molecule has 2 aliphatic rings. The van der Waals surface area contributed by atoms with Crippen LogP contribution < -0.4 is 5.32 Å². The van der Waals surface area contributed by atoms with Crippen LogP contribution in [0.5, 0.6) is 0 Å². The van der Waals surface area contributed by atoms with Gasteiger partial charge in [-0.3, -0.25) is 4.99 Å². The van der Waals surface area contributed by atoms with E-state index in [1.807, 2.05) is 7.05 Å². The second-order valence-electron chi connectivity index (χ2n) is 6.89. The molecule has 0 spiro atoms. The lowest BCUT2D eigenvalue weighted by molar-refractivity contribution is 0.374. The molecule has 26 heavy (non-hydrogen) atoms. The number of nitrogens with zero attached hydrogens (tertiary/aromatic N) is 5. The van der Waals surface area contributed by atoms with E-state index in [2.05, 4.69) is 66.4 Å². The van der Waals surface area contributed by atoms with Gasteiger partial charge in [-0.15, -0.1) is 10.2 Å². The summed E-state index contributed by atoms with van der Waals surface area (Å²) in [6.07, 6.45) is 6.71. The number of guanidine groups is 1. The molecule has 0 atom stereocenters. The molecule has 3 heterocycles. The van der Waals surface area contributed by atoms with Crippen LogP contribution in [0.25, 0.3) is 6.08 Å². The summed E-state index contributed by atoms with van der Waals surface area (Å²) in [5.74, 6) is 3.09. The Morgan fingerprint density at radius 2 is 1.92 bits per heavy atom. The first-order valence-electron chi connectivity index (χ1n) is 9.44. The van der Waals surface area contributed by atoms with E-state index in [0.29, 0.717) is 6.54 Å². The molecular weight excluding hydrogens is 324 g/mol. The van der Waals surface area contributed by atoms with Gasteiger partial charge in [0.05, 0.1) is 6.54 Å². The largest absolute Gasteiger partial charge is 0.349 e. The number of aromatic nitrogens is 3. The van der Waals surface area contributed by atoms with Crippen LogP contribution in [0.1, 0.15) is 36.5 Å². The summed E-state index contributed by atoms with van der Waals surface area (Å²) >= 11 is 0. The summed E-state index contributed by atoms with van der Waals surface area (Å²) in [5.41, 5.74) is 2.80. The maximum Gasteiger partial charge on any atom is 0.194 e. The topological polar surface area (TPSA) is 58.3 Å². The van der Waals surface area contributed by atoms with Crippen molar-refractivity contribution in [1.29, 1.82) is 0 Å². The molecule has 1 aromatic carbocycles. The van der Waals surface area contributed by atoms with E-state index in [1.165, 1.54) is 17.6 Å². The lowest BCUT2D eigenvalue weighted by Crippen LogP contribution is -2.44. The highest BCUT2D eigenvalue weighted by Gasteiger charge is 2.20. The number of hydrogen-bond acceptors (Lipinski definition) is 3. The summed E-state index contributed by atoms with van der Waals surface area (Å²) in [4.78, 5) is 6.81. The van der Waals surface area contributed by atoms with Gasteiger partial charge in [0.2, 0.25) is 0 Å². The molecule has 6 nitrogen and oxygen atoms in total. The molecule has 0 saturated carbocycles. The van der Waals surface area contributed by atoms with Crippen LogP contribution in [0.15, 0.2) is 40.9 Å². The summed E-state index contributed by atoms with van der Waals surface area (Å²) in [7, 11) is 1.85. The maximum atomic E-state index is 4.47. The Morgan fingerprint density at radius 1 is 1.12 bits per heavy atom. The third kappa shape index (κ3) is 3.64. The van der Waals surface area contributed by atoms with Crippen molar-refractivity contribution in [1.82, 2.24) is 25.0 Å². The van der Waals surface area contributed by atoms with Gasteiger partial charge in [-0.05, 0) is 24.8 Å². The Morgan fingerprint density at radius 3 is 2.69 bits per heavy atom. The molecule has 136 valence electrons. The van der Waals surface area contributed by atoms with E-state index in [9.17, 15) is 0 Å². The molecule has 1 saturated heterocycles. The molecule has 6 heteroatoms. The van der Waals surface area contributed by atoms with E-state index < -0.39 is 0 Å². The van der Waals surface area contributed by atoms with Crippen LogP contribution in [0.4, 0.5) is 0 Å². The standard InChI is InChI=1S/C20H26N6/c1-21-20(22-15-19-24-23-18-8-5-11-26(18)19)25-12-9-17(10-13-25)14-16-6-3-2-4-7-16/h2-4,6-7,14H,5,8-13,15H2,1H3,(H,21,22). The maximum absolute atomic E-state index is 4.47. The van der Waals surface area contributed by atoms with Gasteiger partial charge in [0.1, 0.15) is 5.82 Å². The molecule has 0 bridgehead atoms. The molecule has 0 radical (unpaired) electrons. The van der Waals surface area contributed by atoms with Crippen LogP contribution in [-0.2, 0) is 19.5 Å². The number of hydrogen-bond donors (Lipinski definition) is 1. The van der Waals surface area contributed by atoms with E-state index in [1.54, 1.807) is 0 Å². The molecule has 1 N–H and O–H groups in total. The SMILES string of the molecule is CN=C(NCc1nnc2n1CCC2)N1CCC(=Cc2ccccc2)CC1. The Bertz CT molecular complexity index is 795. The number of aryl methyl sites for hydroxylation is 1. The van der Waals surface area contributed by atoms with E-state index >= 15 is 0 Å². The van der Waals surface area contributed by atoms with Gasteiger partial charge in [0.25, 0.3) is 0 Å². The normalized spacial score (nSPS) is 17.3. The average molecular weight is 350 g/mol. The van der Waals surface area contributed by atoms with Crippen LogP contribution in [0.2, 0.25) is 0 Å². The zero-order valence-corrected chi connectivity index (χ0v) is 15.4. The van der Waals surface area contributed by atoms with Gasteiger partial charge in [-0.1, -0.05) is 42.0 Å². The minimum atomic E-state index is 0.683. The highest BCUT2D eigenvalue weighted by Crippen LogP contribution is 2.20. The number of aliphatic imine (C=N–C) groups is 1. The van der Waals surface area contributed by atoms with Crippen molar-refractivity contribution in [2.45, 2.75) is 38.8 Å². The van der Waals surface area contributed by atoms with Gasteiger partial charge in [-0.2, -0.15) is 0 Å². The number of benzene rings is 1. The van der Waals surface area contributed by atoms with Crippen LogP contribution in [0, 0.1) is 0 Å². The highest BCUT2D eigenvalue weighted by atomic mass is 15.3.